The van der Waals surface area contributed by atoms with E-state index in [-0.39, 0.29) is 23.7 Å². The van der Waals surface area contributed by atoms with Crippen LogP contribution in [0, 0.1) is 0 Å². The summed E-state index contributed by atoms with van der Waals surface area (Å²) < 4.78 is 11.3. The van der Waals surface area contributed by atoms with Gasteiger partial charge in [0, 0.05) is 10.4 Å². The molecule has 118 valence electrons. The van der Waals surface area contributed by atoms with E-state index in [9.17, 15) is 9.59 Å². The van der Waals surface area contributed by atoms with Gasteiger partial charge in [0.2, 0.25) is 5.78 Å². The number of anilines is 1. The van der Waals surface area contributed by atoms with Gasteiger partial charge in [-0.25, -0.2) is 9.36 Å². The summed E-state index contributed by atoms with van der Waals surface area (Å²) in [6.45, 7) is 1.83. The molecular weight excluding hydrogens is 320 g/mol. The van der Waals surface area contributed by atoms with Gasteiger partial charge in [0.15, 0.2) is 5.76 Å². The van der Waals surface area contributed by atoms with E-state index in [1.807, 2.05) is 0 Å². The van der Waals surface area contributed by atoms with E-state index in [1.165, 1.54) is 12.3 Å². The molecule has 0 aliphatic carbocycles. The highest BCUT2D eigenvalue weighted by Gasteiger charge is 2.28. The molecule has 0 aliphatic heterocycles. The number of benzene rings is 1. The third-order valence-corrected chi connectivity index (χ3v) is 3.62. The van der Waals surface area contributed by atoms with Crippen molar-refractivity contribution in [2.24, 2.45) is 0 Å². The van der Waals surface area contributed by atoms with Crippen LogP contribution in [0.15, 0.2) is 41.0 Å². The number of hydrogen-bond donors (Lipinski definition) is 1. The van der Waals surface area contributed by atoms with Crippen LogP contribution >= 0.6 is 11.6 Å². The highest BCUT2D eigenvalue weighted by molar-refractivity contribution is 6.31. The number of nitrogen functional groups attached to an aromatic ring is 1. The van der Waals surface area contributed by atoms with Gasteiger partial charge in [-0.1, -0.05) is 11.6 Å². The maximum atomic E-state index is 12.7. The van der Waals surface area contributed by atoms with Gasteiger partial charge >= 0.3 is 6.09 Å². The molecule has 0 fully saturated rings. The van der Waals surface area contributed by atoms with E-state index in [1.54, 1.807) is 31.2 Å². The number of carbonyl (C=O) groups excluding carboxylic acids is 2. The number of nitrogens with two attached hydrogens (primary N) is 1. The lowest BCUT2D eigenvalue weighted by atomic mass is 10.1. The summed E-state index contributed by atoms with van der Waals surface area (Å²) in [6, 6.07) is 7.93. The molecule has 0 spiro atoms. The third kappa shape index (κ3) is 2.47. The highest BCUT2D eigenvalue weighted by Crippen LogP contribution is 2.32. The van der Waals surface area contributed by atoms with Crippen molar-refractivity contribution in [1.29, 1.82) is 0 Å². The molecule has 0 saturated carbocycles. The predicted molar refractivity (Wildman–Crippen MR) is 85.9 cm³/mol. The monoisotopic (exact) mass is 332 g/mol. The number of rotatable bonds is 3. The molecule has 3 aromatic rings. The van der Waals surface area contributed by atoms with Crippen LogP contribution < -0.4 is 5.73 Å². The fourth-order valence-electron chi connectivity index (χ4n) is 2.41. The van der Waals surface area contributed by atoms with Crippen LogP contribution in [0.3, 0.4) is 0 Å². The quantitative estimate of drug-likeness (QED) is 0.739. The first-order chi connectivity index (χ1) is 11.0. The van der Waals surface area contributed by atoms with Gasteiger partial charge in [0.05, 0.1) is 24.1 Å². The molecule has 3 rings (SSSR count). The van der Waals surface area contributed by atoms with Gasteiger partial charge in [-0.3, -0.25) is 4.79 Å². The predicted octanol–water partition coefficient (Wildman–Crippen LogP) is 3.71. The van der Waals surface area contributed by atoms with Crippen LogP contribution in [0.4, 0.5) is 10.5 Å². The average molecular weight is 333 g/mol. The number of furan rings is 1. The Balaban J connectivity index is 2.31. The van der Waals surface area contributed by atoms with Gasteiger partial charge in [0.25, 0.3) is 0 Å². The van der Waals surface area contributed by atoms with Crippen molar-refractivity contribution in [2.75, 3.05) is 12.3 Å². The molecule has 2 N–H and O–H groups in total. The molecule has 7 heteroatoms. The molecule has 0 bridgehead atoms. The second kappa shape index (κ2) is 5.81. The smallest absolute Gasteiger partial charge is 0.419 e. The Morgan fingerprint density at radius 3 is 2.78 bits per heavy atom. The summed E-state index contributed by atoms with van der Waals surface area (Å²) >= 11 is 6.00. The molecule has 0 atom stereocenters. The molecular formula is C16H13ClN2O4. The number of ketones is 1. The molecule has 0 unspecified atom stereocenters. The summed E-state index contributed by atoms with van der Waals surface area (Å²) in [5, 5.41) is 0.954. The van der Waals surface area contributed by atoms with Gasteiger partial charge < -0.3 is 14.9 Å². The van der Waals surface area contributed by atoms with Crippen molar-refractivity contribution in [3.63, 3.8) is 0 Å². The molecule has 0 aliphatic rings. The SMILES string of the molecule is CCOC(=O)n1c(C(=O)c2ccco2)c(N)c2ccc(Cl)cc21. The zero-order valence-electron chi connectivity index (χ0n) is 12.2. The molecule has 23 heavy (non-hydrogen) atoms. The fraction of sp³-hybridized carbons (Fsp3) is 0.125. The Kier molecular flexibility index (Phi) is 3.83. The molecule has 0 radical (unpaired) electrons. The lowest BCUT2D eigenvalue weighted by Gasteiger charge is -2.08. The topological polar surface area (TPSA) is 87.5 Å². The molecule has 2 heterocycles. The van der Waals surface area contributed by atoms with Gasteiger partial charge in [0.1, 0.15) is 5.69 Å². The standard InChI is InChI=1S/C16H13ClN2O4/c1-2-22-16(21)19-11-8-9(17)5-6-10(11)13(18)14(19)15(20)12-4-3-7-23-12/h3-8H,2,18H2,1H3. The van der Waals surface area contributed by atoms with Gasteiger partial charge in [-0.15, -0.1) is 0 Å². The van der Waals surface area contributed by atoms with E-state index < -0.39 is 11.9 Å². The van der Waals surface area contributed by atoms with Crippen LogP contribution in [0.25, 0.3) is 10.9 Å². The maximum absolute atomic E-state index is 12.7. The van der Waals surface area contributed by atoms with Crippen molar-refractivity contribution in [3.8, 4) is 0 Å². The first kappa shape index (κ1) is 15.2. The summed E-state index contributed by atoms with van der Waals surface area (Å²) in [6.07, 6.45) is 0.670. The third-order valence-electron chi connectivity index (χ3n) is 3.38. The molecule has 1 aromatic carbocycles. The minimum Gasteiger partial charge on any atom is -0.461 e. The zero-order valence-corrected chi connectivity index (χ0v) is 13.0. The van der Waals surface area contributed by atoms with E-state index in [0.29, 0.717) is 15.9 Å². The summed E-state index contributed by atoms with van der Waals surface area (Å²) in [5.74, 6) is -0.427. The molecule has 2 aromatic heterocycles. The number of halogens is 1. The Morgan fingerprint density at radius 1 is 1.35 bits per heavy atom. The largest absolute Gasteiger partial charge is 0.461 e. The summed E-state index contributed by atoms with van der Waals surface area (Å²) in [5.41, 5.74) is 6.67. The number of carbonyl (C=O) groups is 2. The number of ether oxygens (including phenoxy) is 1. The minimum absolute atomic E-state index is 0.00401. The van der Waals surface area contributed by atoms with Crippen LogP contribution in [0.2, 0.25) is 5.02 Å². The number of aromatic nitrogens is 1. The first-order valence-corrected chi connectivity index (χ1v) is 7.27. The second-order valence-corrected chi connectivity index (χ2v) is 5.20. The van der Waals surface area contributed by atoms with Crippen molar-refractivity contribution in [2.45, 2.75) is 6.92 Å². The van der Waals surface area contributed by atoms with Crippen LogP contribution in [0.5, 0.6) is 0 Å². The van der Waals surface area contributed by atoms with Crippen LogP contribution in [0.1, 0.15) is 23.2 Å². The Hall–Kier alpha value is -2.73. The number of fused-ring (bicyclic) bond motifs is 1. The van der Waals surface area contributed by atoms with E-state index in [4.69, 9.17) is 26.5 Å². The molecule has 0 amide bonds. The minimum atomic E-state index is -0.702. The number of hydrogen-bond acceptors (Lipinski definition) is 5. The lowest BCUT2D eigenvalue weighted by molar-refractivity contribution is 0.0996. The Bertz CT molecular complexity index is 897. The normalized spacial score (nSPS) is 10.9. The first-order valence-electron chi connectivity index (χ1n) is 6.89. The van der Waals surface area contributed by atoms with E-state index in [0.717, 1.165) is 4.57 Å². The van der Waals surface area contributed by atoms with Crippen LogP contribution in [-0.2, 0) is 4.74 Å². The Morgan fingerprint density at radius 2 is 2.13 bits per heavy atom. The van der Waals surface area contributed by atoms with Crippen molar-refractivity contribution in [3.05, 3.63) is 53.1 Å². The molecule has 6 nitrogen and oxygen atoms in total. The average Bonchev–Trinajstić information content (AvgIpc) is 3.13. The summed E-state index contributed by atoms with van der Waals surface area (Å²) in [7, 11) is 0. The van der Waals surface area contributed by atoms with Gasteiger partial charge in [-0.2, -0.15) is 0 Å². The lowest BCUT2D eigenvalue weighted by Crippen LogP contribution is -2.20. The van der Waals surface area contributed by atoms with E-state index >= 15 is 0 Å². The van der Waals surface area contributed by atoms with Gasteiger partial charge in [-0.05, 0) is 37.3 Å². The van der Waals surface area contributed by atoms with Crippen molar-refractivity contribution >= 4 is 40.1 Å². The summed E-state index contributed by atoms with van der Waals surface area (Å²) in [4.78, 5) is 25.0. The second-order valence-electron chi connectivity index (χ2n) is 4.76. The maximum Gasteiger partial charge on any atom is 0.419 e. The van der Waals surface area contributed by atoms with E-state index in [2.05, 4.69) is 0 Å². The Labute approximate surface area is 136 Å². The van der Waals surface area contributed by atoms with Crippen molar-refractivity contribution < 1.29 is 18.7 Å². The fourth-order valence-corrected chi connectivity index (χ4v) is 2.58. The molecule has 0 saturated heterocycles. The highest BCUT2D eigenvalue weighted by atomic mass is 35.5. The van der Waals surface area contributed by atoms with Crippen LogP contribution in [-0.4, -0.2) is 23.1 Å². The number of nitrogens with zero attached hydrogens (tertiary/aromatic N) is 1. The van der Waals surface area contributed by atoms with Crippen molar-refractivity contribution in [1.82, 2.24) is 4.57 Å². The zero-order chi connectivity index (χ0) is 16.6.